The van der Waals surface area contributed by atoms with Gasteiger partial charge in [0, 0.05) is 21.2 Å². The summed E-state index contributed by atoms with van der Waals surface area (Å²) >= 11 is 18.7. The predicted molar refractivity (Wildman–Crippen MR) is 121 cm³/mol. The summed E-state index contributed by atoms with van der Waals surface area (Å²) in [5.41, 5.74) is 1.96. The van der Waals surface area contributed by atoms with Crippen LogP contribution in [0.3, 0.4) is 0 Å². The number of carbonyl (C=O) groups is 3. The lowest BCUT2D eigenvalue weighted by Crippen LogP contribution is -2.33. The van der Waals surface area contributed by atoms with Crippen LogP contribution in [0.2, 0.25) is 10.0 Å². The largest absolute Gasteiger partial charge is 0.480 e. The topological polar surface area (TPSA) is 77.9 Å². The molecule has 0 spiro atoms. The van der Waals surface area contributed by atoms with Crippen molar-refractivity contribution < 1.29 is 19.5 Å². The van der Waals surface area contributed by atoms with Crippen molar-refractivity contribution in [1.82, 2.24) is 4.90 Å². The standard InChI is InChI=1S/C20H12Cl2N2O4S2/c21-12-5-3-6-13(22)11(12)8-23-14-7-2-1-4-10(14)16(18(23)27)17-19(28)24(9-15(25)26)20(29)30-17/h1-7H,8-9H2,(H,25,26)/b17-16+. The zero-order valence-corrected chi connectivity index (χ0v) is 18.2. The predicted octanol–water partition coefficient (Wildman–Crippen LogP) is 4.20. The fraction of sp³-hybridized carbons (Fsp3) is 0.100. The molecule has 2 heterocycles. The van der Waals surface area contributed by atoms with Crippen LogP contribution in [0.4, 0.5) is 5.69 Å². The number of thioether (sulfide) groups is 1. The number of anilines is 1. The average molecular weight is 479 g/mol. The van der Waals surface area contributed by atoms with Crippen LogP contribution in [0.15, 0.2) is 47.4 Å². The van der Waals surface area contributed by atoms with Crippen molar-refractivity contribution in [3.05, 3.63) is 68.5 Å². The molecule has 2 aromatic rings. The minimum absolute atomic E-state index is 0.0998. The molecule has 0 aliphatic carbocycles. The highest BCUT2D eigenvalue weighted by molar-refractivity contribution is 8.26. The van der Waals surface area contributed by atoms with Crippen LogP contribution in [0.5, 0.6) is 0 Å². The first kappa shape index (κ1) is 20.9. The molecule has 2 aliphatic rings. The summed E-state index contributed by atoms with van der Waals surface area (Å²) in [6, 6.07) is 12.1. The van der Waals surface area contributed by atoms with E-state index in [1.807, 2.05) is 0 Å². The van der Waals surface area contributed by atoms with Crippen molar-refractivity contribution in [2.75, 3.05) is 11.4 Å². The van der Waals surface area contributed by atoms with Crippen molar-refractivity contribution in [2.24, 2.45) is 0 Å². The molecule has 152 valence electrons. The quantitative estimate of drug-likeness (QED) is 0.524. The average Bonchev–Trinajstić information content (AvgIpc) is 3.12. The highest BCUT2D eigenvalue weighted by Crippen LogP contribution is 2.45. The summed E-state index contributed by atoms with van der Waals surface area (Å²) in [5.74, 6) is -2.18. The Labute approximate surface area is 191 Å². The normalized spacial score (nSPS) is 18.4. The number of para-hydroxylation sites is 1. The Bertz CT molecular complexity index is 1140. The second kappa shape index (κ2) is 8.03. The van der Waals surface area contributed by atoms with Crippen LogP contribution < -0.4 is 4.90 Å². The van der Waals surface area contributed by atoms with Crippen LogP contribution in [-0.2, 0) is 20.9 Å². The van der Waals surface area contributed by atoms with E-state index in [0.29, 0.717) is 26.9 Å². The van der Waals surface area contributed by atoms with Crippen LogP contribution in [0, 0.1) is 0 Å². The van der Waals surface area contributed by atoms with Crippen LogP contribution in [0.1, 0.15) is 11.1 Å². The maximum atomic E-state index is 13.4. The highest BCUT2D eigenvalue weighted by atomic mass is 35.5. The van der Waals surface area contributed by atoms with Crippen molar-refractivity contribution >= 4 is 80.5 Å². The molecule has 6 nitrogen and oxygen atoms in total. The number of rotatable bonds is 4. The molecule has 4 rings (SSSR count). The number of fused-ring (bicyclic) bond motifs is 1. The van der Waals surface area contributed by atoms with Gasteiger partial charge in [-0.15, -0.1) is 0 Å². The number of nitrogens with zero attached hydrogens (tertiary/aromatic N) is 2. The van der Waals surface area contributed by atoms with Gasteiger partial charge in [0.2, 0.25) is 0 Å². The van der Waals surface area contributed by atoms with Gasteiger partial charge in [-0.05, 0) is 18.2 Å². The van der Waals surface area contributed by atoms with Gasteiger partial charge in [-0.3, -0.25) is 19.3 Å². The first-order valence-corrected chi connectivity index (χ1v) is 10.6. The smallest absolute Gasteiger partial charge is 0.323 e. The number of halogens is 2. The van der Waals surface area contributed by atoms with Gasteiger partial charge in [0.15, 0.2) is 0 Å². The number of aliphatic carboxylic acids is 1. The van der Waals surface area contributed by atoms with E-state index in [-0.39, 0.29) is 21.3 Å². The summed E-state index contributed by atoms with van der Waals surface area (Å²) in [5, 5.41) is 9.90. The molecule has 1 fully saturated rings. The first-order valence-electron chi connectivity index (χ1n) is 8.63. The lowest BCUT2D eigenvalue weighted by Gasteiger charge is -2.19. The molecule has 0 bridgehead atoms. The number of amides is 2. The van der Waals surface area contributed by atoms with E-state index in [0.717, 1.165) is 16.7 Å². The molecule has 0 aromatic heterocycles. The molecule has 30 heavy (non-hydrogen) atoms. The van der Waals surface area contributed by atoms with Gasteiger partial charge in [0.25, 0.3) is 11.8 Å². The molecule has 10 heteroatoms. The molecule has 2 amide bonds. The van der Waals surface area contributed by atoms with Crippen molar-refractivity contribution in [1.29, 1.82) is 0 Å². The number of carbonyl (C=O) groups excluding carboxylic acids is 2. The second-order valence-electron chi connectivity index (χ2n) is 6.47. The number of hydrogen-bond donors (Lipinski definition) is 1. The van der Waals surface area contributed by atoms with Crippen LogP contribution in [-0.4, -0.2) is 38.7 Å². The summed E-state index contributed by atoms with van der Waals surface area (Å²) in [6.45, 7) is -0.441. The van der Waals surface area contributed by atoms with Crippen molar-refractivity contribution in [3.63, 3.8) is 0 Å². The zero-order chi connectivity index (χ0) is 21.6. The Balaban J connectivity index is 1.80. The Morgan fingerprint density at radius 2 is 1.67 bits per heavy atom. The molecule has 0 saturated carbocycles. The van der Waals surface area contributed by atoms with Gasteiger partial charge < -0.3 is 10.0 Å². The van der Waals surface area contributed by atoms with E-state index in [4.69, 9.17) is 40.5 Å². The third kappa shape index (κ3) is 3.50. The van der Waals surface area contributed by atoms with Gasteiger partial charge in [-0.2, -0.15) is 0 Å². The van der Waals surface area contributed by atoms with E-state index in [1.54, 1.807) is 42.5 Å². The zero-order valence-electron chi connectivity index (χ0n) is 15.1. The molecule has 1 saturated heterocycles. The SMILES string of the molecule is O=C(O)CN1C(=O)/C(=C2\C(=O)N(Cc3c(Cl)cccc3Cl)c3ccccc32)SC1=S. The third-order valence-electron chi connectivity index (χ3n) is 4.67. The van der Waals surface area contributed by atoms with E-state index >= 15 is 0 Å². The number of hydrogen-bond acceptors (Lipinski definition) is 5. The van der Waals surface area contributed by atoms with E-state index in [1.165, 1.54) is 4.90 Å². The van der Waals surface area contributed by atoms with Gasteiger partial charge in [0.05, 0.1) is 22.7 Å². The van der Waals surface area contributed by atoms with Crippen LogP contribution >= 0.6 is 47.2 Å². The highest BCUT2D eigenvalue weighted by Gasteiger charge is 2.42. The molecule has 0 atom stereocenters. The van der Waals surface area contributed by atoms with E-state index in [2.05, 4.69) is 0 Å². The number of carboxylic acids is 1. The van der Waals surface area contributed by atoms with Gasteiger partial charge in [-0.1, -0.05) is 71.4 Å². The van der Waals surface area contributed by atoms with Crippen molar-refractivity contribution in [2.45, 2.75) is 6.54 Å². The number of carboxylic acid groups (broad SMARTS) is 1. The molecule has 0 radical (unpaired) electrons. The van der Waals surface area contributed by atoms with Crippen molar-refractivity contribution in [3.8, 4) is 0 Å². The fourth-order valence-corrected chi connectivity index (χ4v) is 5.16. The summed E-state index contributed by atoms with van der Waals surface area (Å²) in [4.78, 5) is 39.9. The molecular weight excluding hydrogens is 467 g/mol. The maximum Gasteiger partial charge on any atom is 0.323 e. The molecule has 1 N–H and O–H groups in total. The third-order valence-corrected chi connectivity index (χ3v) is 6.83. The molecule has 2 aromatic carbocycles. The lowest BCUT2D eigenvalue weighted by atomic mass is 10.1. The monoisotopic (exact) mass is 478 g/mol. The minimum Gasteiger partial charge on any atom is -0.480 e. The number of thiocarbonyl (C=S) groups is 1. The van der Waals surface area contributed by atoms with E-state index < -0.39 is 24.3 Å². The summed E-state index contributed by atoms with van der Waals surface area (Å²) < 4.78 is 0.0998. The second-order valence-corrected chi connectivity index (χ2v) is 8.92. The minimum atomic E-state index is -1.19. The van der Waals surface area contributed by atoms with Gasteiger partial charge in [0.1, 0.15) is 10.9 Å². The lowest BCUT2D eigenvalue weighted by molar-refractivity contribution is -0.140. The maximum absolute atomic E-state index is 13.4. The Morgan fingerprint density at radius 1 is 1.00 bits per heavy atom. The molecule has 2 aliphatic heterocycles. The van der Waals surface area contributed by atoms with Gasteiger partial charge >= 0.3 is 5.97 Å². The van der Waals surface area contributed by atoms with E-state index in [9.17, 15) is 14.4 Å². The van der Waals surface area contributed by atoms with Gasteiger partial charge in [-0.25, -0.2) is 0 Å². The Hall–Kier alpha value is -2.39. The summed E-state index contributed by atoms with van der Waals surface area (Å²) in [6.07, 6.45) is 0. The molecular formula is C20H12Cl2N2O4S2. The Morgan fingerprint density at radius 3 is 2.33 bits per heavy atom. The fourth-order valence-electron chi connectivity index (χ4n) is 3.32. The Kier molecular flexibility index (Phi) is 5.59. The van der Waals surface area contributed by atoms with Crippen LogP contribution in [0.25, 0.3) is 5.57 Å². The molecule has 0 unspecified atom stereocenters. The number of benzene rings is 2. The summed E-state index contributed by atoms with van der Waals surface area (Å²) in [7, 11) is 0. The first-order chi connectivity index (χ1) is 14.3.